The van der Waals surface area contributed by atoms with Crippen LogP contribution in [-0.4, -0.2) is 38.1 Å². The van der Waals surface area contributed by atoms with E-state index in [1.54, 1.807) is 18.5 Å². The Kier molecular flexibility index (Phi) is 4.98. The van der Waals surface area contributed by atoms with E-state index in [2.05, 4.69) is 20.3 Å². The van der Waals surface area contributed by atoms with Crippen LogP contribution in [0.25, 0.3) is 10.8 Å². The van der Waals surface area contributed by atoms with Crippen molar-refractivity contribution in [3.63, 3.8) is 0 Å². The van der Waals surface area contributed by atoms with E-state index in [0.717, 1.165) is 6.42 Å². The average Bonchev–Trinajstić information content (AvgIpc) is 2.98. The van der Waals surface area contributed by atoms with Crippen LogP contribution in [0.5, 0.6) is 0 Å². The number of aromatic nitrogens is 3. The zero-order chi connectivity index (χ0) is 15.3. The molecule has 7 heteroatoms. The number of amides is 1. The molecule has 1 unspecified atom stereocenters. The summed E-state index contributed by atoms with van der Waals surface area (Å²) < 4.78 is 0. The highest BCUT2D eigenvalue weighted by molar-refractivity contribution is 7.16. The molecule has 0 aliphatic rings. The van der Waals surface area contributed by atoms with E-state index in [9.17, 15) is 4.79 Å². The van der Waals surface area contributed by atoms with Crippen molar-refractivity contribution in [1.29, 1.82) is 0 Å². The predicted octanol–water partition coefficient (Wildman–Crippen LogP) is 1.88. The second-order valence-corrected chi connectivity index (χ2v) is 5.97. The summed E-state index contributed by atoms with van der Waals surface area (Å²) in [5, 5.41) is 12.7. The van der Waals surface area contributed by atoms with Crippen LogP contribution in [0.2, 0.25) is 0 Å². The van der Waals surface area contributed by atoms with Crippen LogP contribution in [0.4, 0.5) is 0 Å². The number of aliphatic hydroxyl groups excluding tert-OH is 1. The number of carbonyl (C=O) groups is 1. The van der Waals surface area contributed by atoms with Crippen LogP contribution in [-0.2, 0) is 0 Å². The molecule has 2 heterocycles. The number of aliphatic hydroxyl groups is 1. The summed E-state index contributed by atoms with van der Waals surface area (Å²) in [6, 6.07) is 1.73. The summed E-state index contributed by atoms with van der Waals surface area (Å²) in [6.07, 6.45) is 6.06. The van der Waals surface area contributed by atoms with E-state index in [4.69, 9.17) is 5.11 Å². The van der Waals surface area contributed by atoms with Gasteiger partial charge in [0.05, 0.1) is 6.20 Å². The van der Waals surface area contributed by atoms with Crippen molar-refractivity contribution in [3.05, 3.63) is 29.5 Å². The molecule has 0 aromatic carbocycles. The molecule has 21 heavy (non-hydrogen) atoms. The molecule has 1 atom stereocenters. The SMILES string of the molecule is CCC(C)(CCO)NC(=O)c1cnc(-c2ncccn2)s1. The third kappa shape index (κ3) is 3.83. The van der Waals surface area contributed by atoms with Crippen molar-refractivity contribution < 1.29 is 9.90 Å². The molecular formula is C14H18N4O2S. The molecule has 0 bridgehead atoms. The third-order valence-electron chi connectivity index (χ3n) is 3.35. The maximum atomic E-state index is 12.3. The molecule has 2 aromatic heterocycles. The molecule has 0 saturated heterocycles. The minimum absolute atomic E-state index is 0.0381. The van der Waals surface area contributed by atoms with Gasteiger partial charge in [0.15, 0.2) is 10.8 Å². The molecule has 6 nitrogen and oxygen atoms in total. The molecule has 0 fully saturated rings. The topological polar surface area (TPSA) is 88.0 Å². The molecule has 0 aliphatic carbocycles. The van der Waals surface area contributed by atoms with Gasteiger partial charge in [0, 0.05) is 24.5 Å². The molecule has 0 aliphatic heterocycles. The van der Waals surface area contributed by atoms with Gasteiger partial charge >= 0.3 is 0 Å². The Labute approximate surface area is 127 Å². The molecule has 2 aromatic rings. The van der Waals surface area contributed by atoms with E-state index < -0.39 is 5.54 Å². The predicted molar refractivity (Wildman–Crippen MR) is 81.0 cm³/mol. The first kappa shape index (κ1) is 15.5. The van der Waals surface area contributed by atoms with Crippen molar-refractivity contribution in [1.82, 2.24) is 20.3 Å². The number of carbonyl (C=O) groups excluding carboxylic acids is 1. The Hall–Kier alpha value is -1.86. The largest absolute Gasteiger partial charge is 0.396 e. The van der Waals surface area contributed by atoms with Gasteiger partial charge in [0.25, 0.3) is 5.91 Å². The summed E-state index contributed by atoms with van der Waals surface area (Å²) in [7, 11) is 0. The minimum atomic E-state index is -0.417. The van der Waals surface area contributed by atoms with Gasteiger partial charge in [0.2, 0.25) is 0 Å². The Morgan fingerprint density at radius 1 is 1.38 bits per heavy atom. The van der Waals surface area contributed by atoms with Crippen LogP contribution >= 0.6 is 11.3 Å². The van der Waals surface area contributed by atoms with Crippen molar-refractivity contribution in [2.24, 2.45) is 0 Å². The zero-order valence-electron chi connectivity index (χ0n) is 12.0. The number of nitrogens with one attached hydrogen (secondary N) is 1. The Morgan fingerprint density at radius 2 is 2.10 bits per heavy atom. The highest BCUT2D eigenvalue weighted by atomic mass is 32.1. The summed E-state index contributed by atoms with van der Waals surface area (Å²) in [4.78, 5) is 25.2. The summed E-state index contributed by atoms with van der Waals surface area (Å²) in [5.74, 6) is 0.322. The van der Waals surface area contributed by atoms with Crippen molar-refractivity contribution in [2.45, 2.75) is 32.2 Å². The lowest BCUT2D eigenvalue weighted by atomic mass is 9.95. The van der Waals surface area contributed by atoms with Gasteiger partial charge in [-0.1, -0.05) is 6.92 Å². The lowest BCUT2D eigenvalue weighted by Crippen LogP contribution is -2.45. The average molecular weight is 306 g/mol. The number of rotatable bonds is 6. The van der Waals surface area contributed by atoms with Gasteiger partial charge in [-0.3, -0.25) is 4.79 Å². The molecule has 0 spiro atoms. The fourth-order valence-electron chi connectivity index (χ4n) is 1.80. The third-order valence-corrected chi connectivity index (χ3v) is 4.34. The smallest absolute Gasteiger partial charge is 0.263 e. The quantitative estimate of drug-likeness (QED) is 0.850. The maximum absolute atomic E-state index is 12.3. The highest BCUT2D eigenvalue weighted by Gasteiger charge is 2.25. The van der Waals surface area contributed by atoms with Crippen LogP contribution in [0.3, 0.4) is 0 Å². The number of hydrogen-bond acceptors (Lipinski definition) is 6. The number of hydrogen-bond donors (Lipinski definition) is 2. The number of thiazole rings is 1. The lowest BCUT2D eigenvalue weighted by Gasteiger charge is -2.28. The maximum Gasteiger partial charge on any atom is 0.263 e. The van der Waals surface area contributed by atoms with E-state index in [-0.39, 0.29) is 12.5 Å². The van der Waals surface area contributed by atoms with Crippen LogP contribution in [0, 0.1) is 0 Å². The first-order chi connectivity index (χ1) is 10.1. The summed E-state index contributed by atoms with van der Waals surface area (Å²) in [6.45, 7) is 3.94. The van der Waals surface area contributed by atoms with E-state index in [1.807, 2.05) is 13.8 Å². The summed E-state index contributed by atoms with van der Waals surface area (Å²) in [5.41, 5.74) is -0.417. The van der Waals surface area contributed by atoms with Crippen LogP contribution in [0.15, 0.2) is 24.7 Å². The standard InChI is InChI=1S/C14H18N4O2S/c1-3-14(2,5-8-19)18-12(20)10-9-17-13(21-10)11-15-6-4-7-16-11/h4,6-7,9,19H,3,5,8H2,1-2H3,(H,18,20). The van der Waals surface area contributed by atoms with Gasteiger partial charge in [-0.25, -0.2) is 15.0 Å². The Balaban J connectivity index is 2.12. The van der Waals surface area contributed by atoms with Crippen LogP contribution < -0.4 is 5.32 Å². The van der Waals surface area contributed by atoms with Gasteiger partial charge in [-0.2, -0.15) is 0 Å². The Bertz CT molecular complexity index is 602. The molecule has 2 rings (SSSR count). The van der Waals surface area contributed by atoms with E-state index in [0.29, 0.717) is 22.1 Å². The number of nitrogens with zero attached hydrogens (tertiary/aromatic N) is 3. The molecule has 1 amide bonds. The molecular weight excluding hydrogens is 288 g/mol. The Morgan fingerprint density at radius 3 is 2.71 bits per heavy atom. The van der Waals surface area contributed by atoms with Gasteiger partial charge in [0.1, 0.15) is 4.88 Å². The lowest BCUT2D eigenvalue weighted by molar-refractivity contribution is 0.0890. The fourth-order valence-corrected chi connectivity index (χ4v) is 2.56. The van der Waals surface area contributed by atoms with Gasteiger partial charge in [-0.05, 0) is 25.8 Å². The second-order valence-electron chi connectivity index (χ2n) is 4.94. The highest BCUT2D eigenvalue weighted by Crippen LogP contribution is 2.23. The van der Waals surface area contributed by atoms with Crippen molar-refractivity contribution >= 4 is 17.2 Å². The molecule has 112 valence electrons. The van der Waals surface area contributed by atoms with Gasteiger partial charge < -0.3 is 10.4 Å². The summed E-state index contributed by atoms with van der Waals surface area (Å²) >= 11 is 1.25. The van der Waals surface area contributed by atoms with E-state index >= 15 is 0 Å². The first-order valence-corrected chi connectivity index (χ1v) is 7.56. The van der Waals surface area contributed by atoms with Gasteiger partial charge in [-0.15, -0.1) is 11.3 Å². The zero-order valence-corrected chi connectivity index (χ0v) is 12.9. The minimum Gasteiger partial charge on any atom is -0.396 e. The first-order valence-electron chi connectivity index (χ1n) is 6.74. The second kappa shape index (κ2) is 6.73. The normalized spacial score (nSPS) is 13.7. The van der Waals surface area contributed by atoms with Crippen LogP contribution in [0.1, 0.15) is 36.4 Å². The molecule has 2 N–H and O–H groups in total. The monoisotopic (exact) mass is 306 g/mol. The van der Waals surface area contributed by atoms with Crippen molar-refractivity contribution in [3.8, 4) is 10.8 Å². The molecule has 0 radical (unpaired) electrons. The fraction of sp³-hybridized carbons (Fsp3) is 0.429. The van der Waals surface area contributed by atoms with Crippen molar-refractivity contribution in [2.75, 3.05) is 6.61 Å². The molecule has 0 saturated carbocycles. The van der Waals surface area contributed by atoms with E-state index in [1.165, 1.54) is 17.5 Å².